The summed E-state index contributed by atoms with van der Waals surface area (Å²) in [5.41, 5.74) is 0. The van der Waals surface area contributed by atoms with E-state index >= 15 is 0 Å². The quantitative estimate of drug-likeness (QED) is 0.624. The molecule has 1 amide bonds. The van der Waals surface area contributed by atoms with Gasteiger partial charge >= 0.3 is 0 Å². The maximum absolute atomic E-state index is 11.6. The lowest BCUT2D eigenvalue weighted by molar-refractivity contribution is 0.0930. The van der Waals surface area contributed by atoms with Crippen molar-refractivity contribution in [1.29, 1.82) is 0 Å². The predicted molar refractivity (Wildman–Crippen MR) is 54.5 cm³/mol. The molecule has 3 N–H and O–H groups in total. The number of H-pyrrole nitrogens is 1. The first kappa shape index (κ1) is 10.1. The van der Waals surface area contributed by atoms with Gasteiger partial charge in [0.25, 0.3) is 5.91 Å². The van der Waals surface area contributed by atoms with Crippen molar-refractivity contribution in [2.24, 2.45) is 0 Å². The zero-order valence-corrected chi connectivity index (χ0v) is 8.71. The Morgan fingerprint density at radius 1 is 1.67 bits per heavy atom. The van der Waals surface area contributed by atoms with Gasteiger partial charge in [0.05, 0.1) is 0 Å². The minimum atomic E-state index is -0.195. The molecular formula is C9H15N5O. The average molecular weight is 209 g/mol. The molecule has 6 nitrogen and oxygen atoms in total. The lowest BCUT2D eigenvalue weighted by Crippen LogP contribution is -2.36. The molecule has 2 heterocycles. The number of carbonyl (C=O) groups excluding carboxylic acids is 1. The second kappa shape index (κ2) is 4.39. The Balaban J connectivity index is 1.94. The highest BCUT2D eigenvalue weighted by molar-refractivity contribution is 5.90. The Hall–Kier alpha value is -1.43. The molecule has 0 aliphatic carbocycles. The number of amides is 1. The SMILES string of the molecule is CCc1nc(C(=O)NC2CCNC2)n[nH]1. The van der Waals surface area contributed by atoms with Gasteiger partial charge in [-0.3, -0.25) is 9.89 Å². The average Bonchev–Trinajstić information content (AvgIpc) is 2.86. The van der Waals surface area contributed by atoms with Gasteiger partial charge in [0.1, 0.15) is 5.82 Å². The number of aromatic nitrogens is 3. The summed E-state index contributed by atoms with van der Waals surface area (Å²) in [6, 6.07) is 0.209. The van der Waals surface area contributed by atoms with E-state index in [1.54, 1.807) is 0 Å². The van der Waals surface area contributed by atoms with Gasteiger partial charge in [-0.1, -0.05) is 6.92 Å². The summed E-state index contributed by atoms with van der Waals surface area (Å²) in [5.74, 6) is 0.781. The van der Waals surface area contributed by atoms with Crippen molar-refractivity contribution in [3.63, 3.8) is 0 Å². The molecule has 82 valence electrons. The molecule has 6 heteroatoms. The smallest absolute Gasteiger partial charge is 0.291 e. The molecule has 1 aliphatic heterocycles. The maximum Gasteiger partial charge on any atom is 0.291 e. The molecule has 0 aromatic carbocycles. The van der Waals surface area contributed by atoms with Crippen LogP contribution in [0.1, 0.15) is 29.8 Å². The van der Waals surface area contributed by atoms with Crippen molar-refractivity contribution < 1.29 is 4.79 Å². The molecule has 1 saturated heterocycles. The van der Waals surface area contributed by atoms with Crippen LogP contribution in [-0.2, 0) is 6.42 Å². The van der Waals surface area contributed by atoms with Gasteiger partial charge in [-0.05, 0) is 13.0 Å². The molecule has 0 spiro atoms. The number of hydrogen-bond donors (Lipinski definition) is 3. The fourth-order valence-electron chi connectivity index (χ4n) is 1.58. The molecule has 0 radical (unpaired) electrons. The van der Waals surface area contributed by atoms with Gasteiger partial charge in [-0.2, -0.15) is 0 Å². The van der Waals surface area contributed by atoms with Crippen LogP contribution in [0, 0.1) is 0 Å². The molecule has 0 bridgehead atoms. The third kappa shape index (κ3) is 2.33. The van der Waals surface area contributed by atoms with Crippen LogP contribution in [0.2, 0.25) is 0 Å². The first-order valence-electron chi connectivity index (χ1n) is 5.22. The van der Waals surface area contributed by atoms with E-state index in [1.165, 1.54) is 0 Å². The molecule has 1 unspecified atom stereocenters. The number of nitrogens with zero attached hydrogens (tertiary/aromatic N) is 2. The molecule has 1 aromatic heterocycles. The van der Waals surface area contributed by atoms with Crippen molar-refractivity contribution in [2.45, 2.75) is 25.8 Å². The topological polar surface area (TPSA) is 82.7 Å². The van der Waals surface area contributed by atoms with Gasteiger partial charge in [-0.15, -0.1) is 5.10 Å². The molecule has 0 saturated carbocycles. The van der Waals surface area contributed by atoms with E-state index in [4.69, 9.17) is 0 Å². The third-order valence-electron chi connectivity index (χ3n) is 2.47. The highest BCUT2D eigenvalue weighted by Gasteiger charge is 2.19. The summed E-state index contributed by atoms with van der Waals surface area (Å²) < 4.78 is 0. The van der Waals surface area contributed by atoms with Crippen LogP contribution in [0.3, 0.4) is 0 Å². The third-order valence-corrected chi connectivity index (χ3v) is 2.47. The molecule has 1 atom stereocenters. The first-order valence-corrected chi connectivity index (χ1v) is 5.22. The number of carbonyl (C=O) groups is 1. The van der Waals surface area contributed by atoms with Crippen LogP contribution < -0.4 is 10.6 Å². The summed E-state index contributed by atoms with van der Waals surface area (Å²) in [6.07, 6.45) is 1.72. The highest BCUT2D eigenvalue weighted by atomic mass is 16.2. The van der Waals surface area contributed by atoms with Gasteiger partial charge in [-0.25, -0.2) is 4.98 Å². The number of nitrogens with one attached hydrogen (secondary N) is 3. The maximum atomic E-state index is 11.6. The van der Waals surface area contributed by atoms with E-state index in [9.17, 15) is 4.79 Å². The van der Waals surface area contributed by atoms with Crippen LogP contribution in [0.15, 0.2) is 0 Å². The van der Waals surface area contributed by atoms with E-state index in [-0.39, 0.29) is 17.8 Å². The first-order chi connectivity index (χ1) is 7.29. The number of aryl methyl sites for hydroxylation is 1. The van der Waals surface area contributed by atoms with Crippen molar-refractivity contribution in [1.82, 2.24) is 25.8 Å². The Morgan fingerprint density at radius 2 is 2.53 bits per heavy atom. The number of aromatic amines is 1. The zero-order valence-electron chi connectivity index (χ0n) is 8.71. The van der Waals surface area contributed by atoms with E-state index in [1.807, 2.05) is 6.92 Å². The van der Waals surface area contributed by atoms with E-state index in [0.29, 0.717) is 0 Å². The lowest BCUT2D eigenvalue weighted by atomic mass is 10.2. The summed E-state index contributed by atoms with van der Waals surface area (Å²) in [6.45, 7) is 3.75. The lowest BCUT2D eigenvalue weighted by Gasteiger charge is -2.08. The van der Waals surface area contributed by atoms with Crippen LogP contribution in [0.25, 0.3) is 0 Å². The van der Waals surface area contributed by atoms with E-state index < -0.39 is 0 Å². The summed E-state index contributed by atoms with van der Waals surface area (Å²) in [5, 5.41) is 12.7. The molecule has 2 rings (SSSR count). The van der Waals surface area contributed by atoms with Crippen molar-refractivity contribution >= 4 is 5.91 Å². The standard InChI is InChI=1S/C9H15N5O/c1-2-7-12-8(14-13-7)9(15)11-6-3-4-10-5-6/h6,10H,2-5H2,1H3,(H,11,15)(H,12,13,14). The Morgan fingerprint density at radius 3 is 3.13 bits per heavy atom. The Labute approximate surface area is 87.9 Å². The fraction of sp³-hybridized carbons (Fsp3) is 0.667. The van der Waals surface area contributed by atoms with Gasteiger partial charge in [0.15, 0.2) is 0 Å². The molecule has 15 heavy (non-hydrogen) atoms. The monoisotopic (exact) mass is 209 g/mol. The van der Waals surface area contributed by atoms with Gasteiger partial charge < -0.3 is 10.6 Å². The second-order valence-electron chi connectivity index (χ2n) is 3.62. The van der Waals surface area contributed by atoms with Crippen molar-refractivity contribution in [3.8, 4) is 0 Å². The second-order valence-corrected chi connectivity index (χ2v) is 3.62. The minimum Gasteiger partial charge on any atom is -0.345 e. The number of hydrogen-bond acceptors (Lipinski definition) is 4. The van der Waals surface area contributed by atoms with Gasteiger partial charge in [0.2, 0.25) is 5.82 Å². The largest absolute Gasteiger partial charge is 0.345 e. The molecule has 1 fully saturated rings. The highest BCUT2D eigenvalue weighted by Crippen LogP contribution is 1.99. The van der Waals surface area contributed by atoms with Crippen LogP contribution >= 0.6 is 0 Å². The van der Waals surface area contributed by atoms with E-state index in [2.05, 4.69) is 25.8 Å². The summed E-state index contributed by atoms with van der Waals surface area (Å²) >= 11 is 0. The van der Waals surface area contributed by atoms with Crippen molar-refractivity contribution in [3.05, 3.63) is 11.6 Å². The fourth-order valence-corrected chi connectivity index (χ4v) is 1.58. The van der Waals surface area contributed by atoms with Gasteiger partial charge in [0, 0.05) is 19.0 Å². The summed E-state index contributed by atoms with van der Waals surface area (Å²) in [7, 11) is 0. The molecule has 1 aromatic rings. The zero-order chi connectivity index (χ0) is 10.7. The number of rotatable bonds is 3. The molecule has 1 aliphatic rings. The van der Waals surface area contributed by atoms with Crippen LogP contribution in [0.4, 0.5) is 0 Å². The predicted octanol–water partition coefficient (Wildman–Crippen LogP) is -0.541. The van der Waals surface area contributed by atoms with Crippen molar-refractivity contribution in [2.75, 3.05) is 13.1 Å². The molecular weight excluding hydrogens is 194 g/mol. The van der Waals surface area contributed by atoms with Crippen LogP contribution in [0.5, 0.6) is 0 Å². The normalized spacial score (nSPS) is 20.5. The Kier molecular flexibility index (Phi) is 2.96. The van der Waals surface area contributed by atoms with E-state index in [0.717, 1.165) is 31.8 Å². The minimum absolute atomic E-state index is 0.195. The summed E-state index contributed by atoms with van der Waals surface area (Å²) in [4.78, 5) is 15.7. The Bertz CT molecular complexity index is 342. The van der Waals surface area contributed by atoms with Crippen LogP contribution in [-0.4, -0.2) is 40.2 Å².